The molecule has 2 fully saturated rings. The van der Waals surface area contributed by atoms with Gasteiger partial charge in [0.2, 0.25) is 11.8 Å². The predicted octanol–water partition coefficient (Wildman–Crippen LogP) is 0.319. The Hall–Kier alpha value is -2.08. The van der Waals surface area contributed by atoms with Crippen LogP contribution in [0.15, 0.2) is 24.3 Å². The molecule has 3 rings (SSSR count). The van der Waals surface area contributed by atoms with Crippen LogP contribution in [-0.4, -0.2) is 54.0 Å². The maximum atomic E-state index is 12.3. The quantitative estimate of drug-likeness (QED) is 0.767. The molecule has 1 aromatic rings. The SMILES string of the molecule is O=C1CN(c2ccc(O)cc2)CC(=O)N1C1CCNCC1. The van der Waals surface area contributed by atoms with Crippen molar-refractivity contribution in [2.75, 3.05) is 31.1 Å². The van der Waals surface area contributed by atoms with E-state index in [2.05, 4.69) is 5.32 Å². The normalized spacial score (nSPS) is 21.0. The maximum absolute atomic E-state index is 12.3. The molecule has 6 heteroatoms. The van der Waals surface area contributed by atoms with Crippen molar-refractivity contribution in [2.45, 2.75) is 18.9 Å². The first-order chi connectivity index (χ1) is 10.1. The van der Waals surface area contributed by atoms with E-state index in [1.807, 2.05) is 0 Å². The minimum absolute atomic E-state index is 0.0354. The number of phenolic OH excluding ortho intramolecular Hbond substituents is 1. The van der Waals surface area contributed by atoms with Gasteiger partial charge in [-0.2, -0.15) is 0 Å². The van der Waals surface area contributed by atoms with Crippen molar-refractivity contribution in [3.63, 3.8) is 0 Å². The Morgan fingerprint density at radius 1 is 1.00 bits per heavy atom. The lowest BCUT2D eigenvalue weighted by Crippen LogP contribution is -2.59. The molecule has 0 unspecified atom stereocenters. The Labute approximate surface area is 123 Å². The molecule has 0 bridgehead atoms. The van der Waals surface area contributed by atoms with E-state index < -0.39 is 0 Å². The van der Waals surface area contributed by atoms with Crippen LogP contribution in [0.5, 0.6) is 5.75 Å². The van der Waals surface area contributed by atoms with Gasteiger partial charge in [0.1, 0.15) is 5.75 Å². The summed E-state index contributed by atoms with van der Waals surface area (Å²) in [4.78, 5) is 27.9. The fraction of sp³-hybridized carbons (Fsp3) is 0.467. The molecule has 0 aromatic heterocycles. The van der Waals surface area contributed by atoms with E-state index in [4.69, 9.17) is 0 Å². The van der Waals surface area contributed by atoms with Crippen LogP contribution in [-0.2, 0) is 9.59 Å². The van der Waals surface area contributed by atoms with Gasteiger partial charge >= 0.3 is 0 Å². The summed E-state index contributed by atoms with van der Waals surface area (Å²) in [7, 11) is 0. The van der Waals surface area contributed by atoms with Gasteiger partial charge in [0, 0.05) is 11.7 Å². The molecule has 0 aliphatic carbocycles. The largest absolute Gasteiger partial charge is 0.508 e. The molecule has 2 amide bonds. The molecule has 0 spiro atoms. The fourth-order valence-electron chi connectivity index (χ4n) is 2.99. The monoisotopic (exact) mass is 289 g/mol. The number of phenols is 1. The van der Waals surface area contributed by atoms with E-state index in [0.717, 1.165) is 31.6 Å². The van der Waals surface area contributed by atoms with Gasteiger partial charge in [-0.3, -0.25) is 14.5 Å². The molecule has 0 atom stereocenters. The molecule has 6 nitrogen and oxygen atoms in total. The number of hydrogen-bond acceptors (Lipinski definition) is 5. The zero-order valence-corrected chi connectivity index (χ0v) is 11.8. The third kappa shape index (κ3) is 2.85. The number of rotatable bonds is 2. The number of nitrogens with one attached hydrogen (secondary N) is 1. The highest BCUT2D eigenvalue weighted by atomic mass is 16.3. The summed E-state index contributed by atoms with van der Waals surface area (Å²) in [6.45, 7) is 2.12. The smallest absolute Gasteiger partial charge is 0.249 e. The van der Waals surface area contributed by atoms with Gasteiger partial charge in [0.25, 0.3) is 0 Å². The van der Waals surface area contributed by atoms with Gasteiger partial charge in [0.05, 0.1) is 13.1 Å². The van der Waals surface area contributed by atoms with E-state index in [1.54, 1.807) is 29.2 Å². The number of carbonyl (C=O) groups is 2. The lowest BCUT2D eigenvalue weighted by molar-refractivity contribution is -0.148. The minimum atomic E-state index is -0.133. The topological polar surface area (TPSA) is 72.9 Å². The zero-order valence-electron chi connectivity index (χ0n) is 11.8. The number of piperidine rings is 1. The summed E-state index contributed by atoms with van der Waals surface area (Å²) in [6.07, 6.45) is 1.66. The van der Waals surface area contributed by atoms with Crippen molar-refractivity contribution in [3.8, 4) is 5.75 Å². The Kier molecular flexibility index (Phi) is 3.79. The van der Waals surface area contributed by atoms with Crippen molar-refractivity contribution in [3.05, 3.63) is 24.3 Å². The predicted molar refractivity (Wildman–Crippen MR) is 78.1 cm³/mol. The van der Waals surface area contributed by atoms with Crippen LogP contribution in [0.2, 0.25) is 0 Å². The number of aromatic hydroxyl groups is 1. The number of benzene rings is 1. The zero-order chi connectivity index (χ0) is 14.8. The molecule has 112 valence electrons. The van der Waals surface area contributed by atoms with Crippen LogP contribution in [0.4, 0.5) is 5.69 Å². The summed E-state index contributed by atoms with van der Waals surface area (Å²) < 4.78 is 0. The van der Waals surface area contributed by atoms with Gasteiger partial charge in [-0.25, -0.2) is 0 Å². The third-order valence-corrected chi connectivity index (χ3v) is 4.08. The van der Waals surface area contributed by atoms with Crippen molar-refractivity contribution in [2.24, 2.45) is 0 Å². The van der Waals surface area contributed by atoms with E-state index in [9.17, 15) is 14.7 Å². The van der Waals surface area contributed by atoms with E-state index in [-0.39, 0.29) is 36.7 Å². The van der Waals surface area contributed by atoms with Gasteiger partial charge in [0.15, 0.2) is 0 Å². The second-order valence-electron chi connectivity index (χ2n) is 5.51. The number of hydrogen-bond donors (Lipinski definition) is 2. The molecule has 2 aliphatic rings. The molecular formula is C15H19N3O3. The summed E-state index contributed by atoms with van der Waals surface area (Å²) in [5.74, 6) is -0.0952. The first kappa shape index (κ1) is 13.9. The van der Waals surface area contributed by atoms with E-state index >= 15 is 0 Å². The van der Waals surface area contributed by atoms with Gasteiger partial charge in [-0.15, -0.1) is 0 Å². The van der Waals surface area contributed by atoms with Crippen molar-refractivity contribution >= 4 is 17.5 Å². The van der Waals surface area contributed by atoms with Crippen molar-refractivity contribution in [1.82, 2.24) is 10.2 Å². The Morgan fingerprint density at radius 3 is 2.14 bits per heavy atom. The Morgan fingerprint density at radius 2 is 1.57 bits per heavy atom. The molecular weight excluding hydrogens is 270 g/mol. The third-order valence-electron chi connectivity index (χ3n) is 4.08. The lowest BCUT2D eigenvalue weighted by Gasteiger charge is -2.39. The summed E-state index contributed by atoms with van der Waals surface area (Å²) in [6, 6.07) is 6.59. The standard InChI is InChI=1S/C15H19N3O3/c19-13-3-1-11(2-4-13)17-9-14(20)18(15(21)10-17)12-5-7-16-8-6-12/h1-4,12,16,19H,5-10H2. The maximum Gasteiger partial charge on any atom is 0.249 e. The number of piperazine rings is 1. The summed E-state index contributed by atoms with van der Waals surface area (Å²) in [5, 5.41) is 12.5. The molecule has 0 radical (unpaired) electrons. The first-order valence-electron chi connectivity index (χ1n) is 7.25. The number of imide groups is 1. The van der Waals surface area contributed by atoms with Crippen LogP contribution < -0.4 is 10.2 Å². The van der Waals surface area contributed by atoms with Crippen LogP contribution in [0.1, 0.15) is 12.8 Å². The highest BCUT2D eigenvalue weighted by Crippen LogP contribution is 2.23. The number of anilines is 1. The lowest BCUT2D eigenvalue weighted by atomic mass is 10.0. The van der Waals surface area contributed by atoms with Crippen molar-refractivity contribution in [1.29, 1.82) is 0 Å². The highest BCUT2D eigenvalue weighted by molar-refractivity contribution is 6.03. The number of amides is 2. The molecule has 2 heterocycles. The molecule has 2 N–H and O–H groups in total. The molecule has 0 saturated carbocycles. The van der Waals surface area contributed by atoms with Crippen molar-refractivity contribution < 1.29 is 14.7 Å². The number of nitrogens with zero attached hydrogens (tertiary/aromatic N) is 2. The summed E-state index contributed by atoms with van der Waals surface area (Å²) in [5.41, 5.74) is 0.777. The molecule has 2 aliphatic heterocycles. The average molecular weight is 289 g/mol. The average Bonchev–Trinajstić information content (AvgIpc) is 2.48. The minimum Gasteiger partial charge on any atom is -0.508 e. The van der Waals surface area contributed by atoms with Gasteiger partial charge < -0.3 is 15.3 Å². The number of carbonyl (C=O) groups excluding carboxylic acids is 2. The van der Waals surface area contributed by atoms with Crippen LogP contribution >= 0.6 is 0 Å². The van der Waals surface area contributed by atoms with E-state index in [0.29, 0.717) is 0 Å². The molecule has 2 saturated heterocycles. The van der Waals surface area contributed by atoms with Crippen LogP contribution in [0.3, 0.4) is 0 Å². The van der Waals surface area contributed by atoms with E-state index in [1.165, 1.54) is 4.90 Å². The fourth-order valence-corrected chi connectivity index (χ4v) is 2.99. The summed E-state index contributed by atoms with van der Waals surface area (Å²) >= 11 is 0. The first-order valence-corrected chi connectivity index (χ1v) is 7.25. The van der Waals surface area contributed by atoms with Gasteiger partial charge in [-0.05, 0) is 50.2 Å². The second-order valence-corrected chi connectivity index (χ2v) is 5.51. The highest BCUT2D eigenvalue weighted by Gasteiger charge is 2.36. The van der Waals surface area contributed by atoms with Crippen LogP contribution in [0, 0.1) is 0 Å². The Bertz CT molecular complexity index is 520. The van der Waals surface area contributed by atoms with Crippen LogP contribution in [0.25, 0.3) is 0 Å². The van der Waals surface area contributed by atoms with Gasteiger partial charge in [-0.1, -0.05) is 0 Å². The second kappa shape index (κ2) is 5.73. The Balaban J connectivity index is 1.73. The molecule has 21 heavy (non-hydrogen) atoms. The molecule has 1 aromatic carbocycles.